The van der Waals surface area contributed by atoms with Crippen molar-refractivity contribution in [1.82, 2.24) is 25.4 Å². The van der Waals surface area contributed by atoms with Crippen LogP contribution in [0.3, 0.4) is 0 Å². The number of nitrogens with two attached hydrogens (primary N) is 1. The summed E-state index contributed by atoms with van der Waals surface area (Å²) in [5, 5.41) is 10.1. The second-order valence-electron chi connectivity index (χ2n) is 3.00. The molecule has 0 atom stereocenters. The average molecular weight is 221 g/mol. The molecule has 0 fully saturated rings. The van der Waals surface area contributed by atoms with E-state index in [0.717, 1.165) is 0 Å². The molecule has 0 spiro atoms. The molecule has 8 nitrogen and oxygen atoms in total. The number of H-pyrrole nitrogens is 1. The number of anilines is 1. The molecular formula is C8H11N7O. The lowest BCUT2D eigenvalue weighted by atomic mass is 10.3. The van der Waals surface area contributed by atoms with Gasteiger partial charge in [0.25, 0.3) is 0 Å². The van der Waals surface area contributed by atoms with Gasteiger partial charge < -0.3 is 10.2 Å². The Balaban J connectivity index is 2.41. The molecule has 0 aliphatic heterocycles. The van der Waals surface area contributed by atoms with Crippen molar-refractivity contribution in [2.75, 3.05) is 12.5 Å². The first kappa shape index (κ1) is 10.5. The molecule has 8 heteroatoms. The number of methoxy groups -OCH3 is 1. The third-order valence-corrected chi connectivity index (χ3v) is 1.86. The Morgan fingerprint density at radius 3 is 3.00 bits per heavy atom. The average Bonchev–Trinajstić information content (AvgIpc) is 2.82. The van der Waals surface area contributed by atoms with Crippen LogP contribution in [0.5, 0.6) is 0 Å². The van der Waals surface area contributed by atoms with Gasteiger partial charge in [-0.1, -0.05) is 0 Å². The zero-order chi connectivity index (χ0) is 11.4. The molecule has 0 aromatic carbocycles. The van der Waals surface area contributed by atoms with E-state index in [1.54, 1.807) is 13.2 Å². The smallest absolute Gasteiger partial charge is 0.184 e. The fraction of sp³-hybridized carbons (Fsp3) is 0.250. The van der Waals surface area contributed by atoms with Gasteiger partial charge in [-0.15, -0.1) is 0 Å². The number of aromatic nitrogens is 5. The zero-order valence-corrected chi connectivity index (χ0v) is 8.64. The molecule has 2 aromatic heterocycles. The van der Waals surface area contributed by atoms with Crippen LogP contribution in [-0.4, -0.2) is 32.5 Å². The van der Waals surface area contributed by atoms with Gasteiger partial charge in [-0.25, -0.2) is 15.8 Å². The van der Waals surface area contributed by atoms with Crippen molar-refractivity contribution in [3.63, 3.8) is 0 Å². The Bertz CT molecular complexity index is 455. The minimum atomic E-state index is 0.377. The largest absolute Gasteiger partial charge is 0.378 e. The molecule has 2 aromatic rings. The Morgan fingerprint density at radius 1 is 1.50 bits per heavy atom. The van der Waals surface area contributed by atoms with E-state index in [9.17, 15) is 0 Å². The SMILES string of the molecule is COCc1cc(NN)nc(-c2cn[nH]n2)n1. The molecule has 2 rings (SSSR count). The quantitative estimate of drug-likeness (QED) is 0.479. The monoisotopic (exact) mass is 221 g/mol. The fourth-order valence-electron chi connectivity index (χ4n) is 1.22. The number of nitrogens with zero attached hydrogens (tertiary/aromatic N) is 4. The van der Waals surface area contributed by atoms with E-state index in [0.29, 0.717) is 29.6 Å². The molecule has 84 valence electrons. The molecule has 0 amide bonds. The molecule has 0 unspecified atom stereocenters. The third-order valence-electron chi connectivity index (χ3n) is 1.86. The summed E-state index contributed by atoms with van der Waals surface area (Å²) in [6, 6.07) is 1.70. The van der Waals surface area contributed by atoms with Crippen LogP contribution >= 0.6 is 0 Å². The number of nitrogens with one attached hydrogen (secondary N) is 2. The second kappa shape index (κ2) is 4.64. The van der Waals surface area contributed by atoms with E-state index in [1.165, 1.54) is 6.20 Å². The van der Waals surface area contributed by atoms with Gasteiger partial charge in [0.05, 0.1) is 18.5 Å². The molecule has 0 saturated carbocycles. The predicted molar refractivity (Wildman–Crippen MR) is 55.9 cm³/mol. The van der Waals surface area contributed by atoms with E-state index in [1.807, 2.05) is 0 Å². The zero-order valence-electron chi connectivity index (χ0n) is 8.64. The molecule has 0 aliphatic rings. The molecular weight excluding hydrogens is 210 g/mol. The lowest BCUT2D eigenvalue weighted by Crippen LogP contribution is -2.11. The van der Waals surface area contributed by atoms with Crippen LogP contribution in [0.2, 0.25) is 0 Å². The Labute approximate surface area is 91.2 Å². The lowest BCUT2D eigenvalue weighted by Gasteiger charge is -2.05. The van der Waals surface area contributed by atoms with E-state index in [2.05, 4.69) is 30.8 Å². The lowest BCUT2D eigenvalue weighted by molar-refractivity contribution is 0.181. The summed E-state index contributed by atoms with van der Waals surface area (Å²) in [6.45, 7) is 0.377. The summed E-state index contributed by atoms with van der Waals surface area (Å²) in [6.07, 6.45) is 1.53. The fourth-order valence-corrected chi connectivity index (χ4v) is 1.22. The molecule has 0 radical (unpaired) electrons. The highest BCUT2D eigenvalue weighted by molar-refractivity contribution is 5.51. The summed E-state index contributed by atoms with van der Waals surface area (Å²) in [5.41, 5.74) is 3.73. The predicted octanol–water partition coefficient (Wildman–Crippen LogP) is -0.306. The summed E-state index contributed by atoms with van der Waals surface area (Å²) in [5.74, 6) is 6.25. The highest BCUT2D eigenvalue weighted by Crippen LogP contribution is 2.14. The Morgan fingerprint density at radius 2 is 2.38 bits per heavy atom. The summed E-state index contributed by atoms with van der Waals surface area (Å²) in [7, 11) is 1.59. The number of aromatic amines is 1. The Kier molecular flexibility index (Phi) is 3.03. The van der Waals surface area contributed by atoms with Gasteiger partial charge in [-0.3, -0.25) is 0 Å². The number of hydrazine groups is 1. The number of rotatable bonds is 4. The van der Waals surface area contributed by atoms with Crippen LogP contribution in [0.25, 0.3) is 11.5 Å². The van der Waals surface area contributed by atoms with E-state index in [-0.39, 0.29) is 0 Å². The van der Waals surface area contributed by atoms with Crippen molar-refractivity contribution < 1.29 is 4.74 Å². The first-order valence-corrected chi connectivity index (χ1v) is 4.53. The number of hydrogen-bond acceptors (Lipinski definition) is 7. The van der Waals surface area contributed by atoms with Crippen molar-refractivity contribution in [3.8, 4) is 11.5 Å². The first-order chi connectivity index (χ1) is 7.83. The van der Waals surface area contributed by atoms with Gasteiger partial charge in [-0.2, -0.15) is 15.4 Å². The Hall–Kier alpha value is -2.06. The van der Waals surface area contributed by atoms with Crippen LogP contribution in [0, 0.1) is 0 Å². The van der Waals surface area contributed by atoms with Crippen molar-refractivity contribution in [2.24, 2.45) is 5.84 Å². The first-order valence-electron chi connectivity index (χ1n) is 4.53. The molecule has 0 aliphatic carbocycles. The van der Waals surface area contributed by atoms with Crippen molar-refractivity contribution in [2.45, 2.75) is 6.61 Å². The van der Waals surface area contributed by atoms with Crippen LogP contribution in [0.4, 0.5) is 5.82 Å². The van der Waals surface area contributed by atoms with Crippen molar-refractivity contribution in [3.05, 3.63) is 18.0 Å². The maximum atomic E-state index is 5.31. The van der Waals surface area contributed by atoms with Gasteiger partial charge >= 0.3 is 0 Å². The van der Waals surface area contributed by atoms with E-state index in [4.69, 9.17) is 10.6 Å². The minimum Gasteiger partial charge on any atom is -0.378 e. The van der Waals surface area contributed by atoms with Crippen molar-refractivity contribution in [1.29, 1.82) is 0 Å². The van der Waals surface area contributed by atoms with Crippen LogP contribution in [-0.2, 0) is 11.3 Å². The normalized spacial score (nSPS) is 10.4. The van der Waals surface area contributed by atoms with Crippen molar-refractivity contribution >= 4 is 5.82 Å². The maximum Gasteiger partial charge on any atom is 0.184 e. The van der Waals surface area contributed by atoms with Gasteiger partial charge in [0.1, 0.15) is 11.5 Å². The second-order valence-corrected chi connectivity index (χ2v) is 3.00. The molecule has 16 heavy (non-hydrogen) atoms. The maximum absolute atomic E-state index is 5.31. The highest BCUT2D eigenvalue weighted by Gasteiger charge is 2.08. The van der Waals surface area contributed by atoms with Gasteiger partial charge in [0.2, 0.25) is 0 Å². The number of hydrogen-bond donors (Lipinski definition) is 3. The van der Waals surface area contributed by atoms with Crippen LogP contribution in [0.15, 0.2) is 12.3 Å². The van der Waals surface area contributed by atoms with Gasteiger partial charge in [-0.05, 0) is 0 Å². The summed E-state index contributed by atoms with van der Waals surface area (Å²) < 4.78 is 5.00. The summed E-state index contributed by atoms with van der Waals surface area (Å²) in [4.78, 5) is 8.41. The number of ether oxygens (including phenoxy) is 1. The highest BCUT2D eigenvalue weighted by atomic mass is 16.5. The molecule has 0 bridgehead atoms. The van der Waals surface area contributed by atoms with E-state index < -0.39 is 0 Å². The minimum absolute atomic E-state index is 0.377. The molecule has 2 heterocycles. The standard InChI is InChI=1S/C8H11N7O/c1-16-4-5-2-7(13-9)12-8(11-5)6-3-10-15-14-6/h2-3H,4,9H2,1H3,(H,10,14,15)(H,11,12,13). The molecule has 0 saturated heterocycles. The summed E-state index contributed by atoms with van der Waals surface area (Å²) >= 11 is 0. The van der Waals surface area contributed by atoms with Crippen LogP contribution < -0.4 is 11.3 Å². The topological polar surface area (TPSA) is 115 Å². The third kappa shape index (κ3) is 2.12. The van der Waals surface area contributed by atoms with Gasteiger partial charge in [0.15, 0.2) is 5.82 Å². The van der Waals surface area contributed by atoms with Crippen LogP contribution in [0.1, 0.15) is 5.69 Å². The van der Waals surface area contributed by atoms with Gasteiger partial charge in [0, 0.05) is 13.2 Å². The number of nitrogen functional groups attached to an aromatic ring is 1. The molecule has 4 N–H and O–H groups in total. The van der Waals surface area contributed by atoms with E-state index >= 15 is 0 Å².